The molecule has 1 aromatic carbocycles. The first-order valence-electron chi connectivity index (χ1n) is 11.4. The van der Waals surface area contributed by atoms with Crippen molar-refractivity contribution in [3.8, 4) is 5.75 Å². The summed E-state index contributed by atoms with van der Waals surface area (Å²) in [6, 6.07) is 3.49. The van der Waals surface area contributed by atoms with E-state index in [0.29, 0.717) is 18.3 Å². The van der Waals surface area contributed by atoms with Gasteiger partial charge in [0.05, 0.1) is 12.2 Å². The van der Waals surface area contributed by atoms with E-state index < -0.39 is 5.82 Å². The number of likely N-dealkylation sites (tertiary alicyclic amines) is 1. The number of allylic oxidation sites excluding steroid dienone is 2. The van der Waals surface area contributed by atoms with E-state index >= 15 is 4.39 Å². The Balaban J connectivity index is 1.39. The smallest absolute Gasteiger partial charge is 0.257 e. The maximum absolute atomic E-state index is 15.0. The molecule has 5 rings (SSSR count). The lowest BCUT2D eigenvalue weighted by atomic mass is 9.78. The Morgan fingerprint density at radius 1 is 1.24 bits per heavy atom. The SMILES string of the molecule is C[C@@H]1CCCN1C(=O)c1cc(C2CCC2)c(OCC2(C)CC=C3CC3C2)cc1F. The van der Waals surface area contributed by atoms with Crippen molar-refractivity contribution in [3.63, 3.8) is 0 Å². The molecule has 1 saturated heterocycles. The van der Waals surface area contributed by atoms with Crippen molar-refractivity contribution in [2.75, 3.05) is 13.2 Å². The number of carbonyl (C=O) groups excluding carboxylic acids is 1. The second-order valence-electron chi connectivity index (χ2n) is 10.2. The molecule has 0 N–H and O–H groups in total. The normalized spacial score (nSPS) is 31.1. The van der Waals surface area contributed by atoms with Crippen molar-refractivity contribution in [1.29, 1.82) is 0 Å². The monoisotopic (exact) mass is 397 g/mol. The van der Waals surface area contributed by atoms with Crippen LogP contribution in [0.4, 0.5) is 4.39 Å². The van der Waals surface area contributed by atoms with E-state index in [1.165, 1.54) is 25.3 Å². The lowest BCUT2D eigenvalue weighted by molar-refractivity contribution is 0.0742. The third kappa shape index (κ3) is 3.60. The number of ether oxygens (including phenoxy) is 1. The molecule has 4 aliphatic rings. The van der Waals surface area contributed by atoms with Gasteiger partial charge < -0.3 is 9.64 Å². The summed E-state index contributed by atoms with van der Waals surface area (Å²) in [6.07, 6.45) is 11.2. The van der Waals surface area contributed by atoms with Crippen molar-refractivity contribution >= 4 is 5.91 Å². The number of hydrogen-bond acceptors (Lipinski definition) is 2. The third-order valence-corrected chi connectivity index (χ3v) is 7.71. The summed E-state index contributed by atoms with van der Waals surface area (Å²) in [6.45, 7) is 5.68. The van der Waals surface area contributed by atoms with Gasteiger partial charge in [0.1, 0.15) is 11.6 Å². The second kappa shape index (κ2) is 7.14. The predicted molar refractivity (Wildman–Crippen MR) is 112 cm³/mol. The van der Waals surface area contributed by atoms with Gasteiger partial charge in [0.25, 0.3) is 5.91 Å². The topological polar surface area (TPSA) is 29.5 Å². The van der Waals surface area contributed by atoms with Crippen molar-refractivity contribution in [2.45, 2.75) is 77.2 Å². The van der Waals surface area contributed by atoms with Gasteiger partial charge in [-0.05, 0) is 75.3 Å². The number of amides is 1. The number of fused-ring (bicyclic) bond motifs is 1. The highest BCUT2D eigenvalue weighted by Gasteiger charge is 2.41. The number of benzene rings is 1. The highest BCUT2D eigenvalue weighted by atomic mass is 19.1. The van der Waals surface area contributed by atoms with Crippen LogP contribution in [-0.4, -0.2) is 30.0 Å². The van der Waals surface area contributed by atoms with E-state index in [0.717, 1.165) is 50.1 Å². The van der Waals surface area contributed by atoms with E-state index in [4.69, 9.17) is 4.74 Å². The van der Waals surface area contributed by atoms with Gasteiger partial charge in [-0.25, -0.2) is 4.39 Å². The molecule has 3 atom stereocenters. The van der Waals surface area contributed by atoms with Crippen LogP contribution in [0.25, 0.3) is 0 Å². The van der Waals surface area contributed by atoms with E-state index in [9.17, 15) is 4.79 Å². The summed E-state index contributed by atoms with van der Waals surface area (Å²) in [5.41, 5.74) is 3.00. The maximum atomic E-state index is 15.0. The Morgan fingerprint density at radius 3 is 2.72 bits per heavy atom. The molecule has 1 heterocycles. The Labute approximate surface area is 173 Å². The molecule has 3 aliphatic carbocycles. The molecular formula is C25H32FNO2. The minimum atomic E-state index is -0.439. The molecule has 4 heteroatoms. The number of carbonyl (C=O) groups is 1. The number of rotatable bonds is 5. The summed E-state index contributed by atoms with van der Waals surface area (Å²) in [5, 5.41) is 0. The molecule has 2 unspecified atom stereocenters. The zero-order valence-electron chi connectivity index (χ0n) is 17.7. The molecule has 0 spiro atoms. The minimum Gasteiger partial charge on any atom is -0.493 e. The van der Waals surface area contributed by atoms with Crippen LogP contribution in [0.3, 0.4) is 0 Å². The van der Waals surface area contributed by atoms with Crippen LogP contribution in [0.15, 0.2) is 23.8 Å². The zero-order valence-corrected chi connectivity index (χ0v) is 17.7. The first kappa shape index (κ1) is 19.1. The molecule has 2 saturated carbocycles. The van der Waals surface area contributed by atoms with Gasteiger partial charge in [0, 0.05) is 24.1 Å². The summed E-state index contributed by atoms with van der Waals surface area (Å²) < 4.78 is 21.3. The molecule has 1 amide bonds. The average molecular weight is 398 g/mol. The fourth-order valence-electron chi connectivity index (χ4n) is 5.39. The lowest BCUT2D eigenvalue weighted by Crippen LogP contribution is -2.34. The van der Waals surface area contributed by atoms with Crippen LogP contribution < -0.4 is 4.74 Å². The first-order valence-corrected chi connectivity index (χ1v) is 11.4. The molecule has 1 aromatic rings. The molecule has 1 aliphatic heterocycles. The Hall–Kier alpha value is -1.84. The number of hydrogen-bond donors (Lipinski definition) is 0. The van der Waals surface area contributed by atoms with E-state index in [-0.39, 0.29) is 22.9 Å². The van der Waals surface area contributed by atoms with Gasteiger partial charge in [-0.3, -0.25) is 4.79 Å². The zero-order chi connectivity index (χ0) is 20.2. The van der Waals surface area contributed by atoms with Crippen LogP contribution in [0, 0.1) is 17.2 Å². The average Bonchev–Trinajstić information content (AvgIpc) is 3.28. The molecule has 0 aromatic heterocycles. The first-order chi connectivity index (χ1) is 13.9. The molecule has 3 nitrogen and oxygen atoms in total. The fourth-order valence-corrected chi connectivity index (χ4v) is 5.39. The number of nitrogens with zero attached hydrogens (tertiary/aromatic N) is 1. The standard InChI is InChI=1S/C25H32FNO2/c1-16-5-4-10-27(16)24(28)21-12-20(17-6-3-7-17)23(13-22(21)26)29-15-25(2)9-8-18-11-19(18)14-25/h8,12-13,16-17,19H,3-7,9-11,14-15H2,1-2H3/t16-,19?,25?/m1/s1. The van der Waals surface area contributed by atoms with Crippen LogP contribution >= 0.6 is 0 Å². The summed E-state index contributed by atoms with van der Waals surface area (Å²) >= 11 is 0. The van der Waals surface area contributed by atoms with Crippen molar-refractivity contribution in [3.05, 3.63) is 40.7 Å². The van der Waals surface area contributed by atoms with Gasteiger partial charge in [-0.2, -0.15) is 0 Å². The molecule has 156 valence electrons. The van der Waals surface area contributed by atoms with Crippen LogP contribution in [0.1, 0.15) is 87.1 Å². The summed E-state index contributed by atoms with van der Waals surface area (Å²) in [5.74, 6) is 1.20. The highest BCUT2D eigenvalue weighted by Crippen LogP contribution is 2.52. The Kier molecular flexibility index (Phi) is 4.71. The van der Waals surface area contributed by atoms with Crippen molar-refractivity contribution < 1.29 is 13.9 Å². The molecule has 3 fully saturated rings. The van der Waals surface area contributed by atoms with Crippen LogP contribution in [0.5, 0.6) is 5.75 Å². The van der Waals surface area contributed by atoms with Gasteiger partial charge in [0.2, 0.25) is 0 Å². The van der Waals surface area contributed by atoms with Crippen molar-refractivity contribution in [1.82, 2.24) is 4.90 Å². The quantitative estimate of drug-likeness (QED) is 0.584. The largest absolute Gasteiger partial charge is 0.493 e. The van der Waals surface area contributed by atoms with Crippen molar-refractivity contribution in [2.24, 2.45) is 11.3 Å². The predicted octanol–water partition coefficient (Wildman–Crippen LogP) is 5.84. The maximum Gasteiger partial charge on any atom is 0.257 e. The third-order valence-electron chi connectivity index (χ3n) is 7.71. The second-order valence-corrected chi connectivity index (χ2v) is 10.2. The van der Waals surface area contributed by atoms with E-state index in [1.54, 1.807) is 5.57 Å². The van der Waals surface area contributed by atoms with Gasteiger partial charge in [-0.15, -0.1) is 0 Å². The van der Waals surface area contributed by atoms with E-state index in [1.807, 2.05) is 11.0 Å². The summed E-state index contributed by atoms with van der Waals surface area (Å²) in [7, 11) is 0. The van der Waals surface area contributed by atoms with Gasteiger partial charge in [-0.1, -0.05) is 25.0 Å². The molecule has 0 radical (unpaired) electrons. The lowest BCUT2D eigenvalue weighted by Gasteiger charge is -2.33. The fraction of sp³-hybridized carbons (Fsp3) is 0.640. The summed E-state index contributed by atoms with van der Waals surface area (Å²) in [4.78, 5) is 14.8. The minimum absolute atomic E-state index is 0.123. The van der Waals surface area contributed by atoms with Gasteiger partial charge in [0.15, 0.2) is 0 Å². The molecule has 0 bridgehead atoms. The van der Waals surface area contributed by atoms with Crippen LogP contribution in [-0.2, 0) is 0 Å². The molecule has 29 heavy (non-hydrogen) atoms. The van der Waals surface area contributed by atoms with Crippen LogP contribution in [0.2, 0.25) is 0 Å². The molecular weight excluding hydrogens is 365 g/mol. The highest BCUT2D eigenvalue weighted by molar-refractivity contribution is 5.95. The Bertz CT molecular complexity index is 859. The number of halogens is 1. The van der Waals surface area contributed by atoms with Gasteiger partial charge >= 0.3 is 0 Å². The van der Waals surface area contributed by atoms with E-state index in [2.05, 4.69) is 19.9 Å². The Morgan fingerprint density at radius 2 is 2.07 bits per heavy atom.